The number of ether oxygens (including phenoxy) is 1. The van der Waals surface area contributed by atoms with E-state index < -0.39 is 0 Å². The van der Waals surface area contributed by atoms with E-state index >= 15 is 0 Å². The molecule has 1 aromatic rings. The molecule has 1 aliphatic rings. The average molecular weight is 333 g/mol. The Hall–Kier alpha value is -0.430. The van der Waals surface area contributed by atoms with Crippen molar-refractivity contribution >= 4 is 22.6 Å². The van der Waals surface area contributed by atoms with Gasteiger partial charge in [0.15, 0.2) is 0 Å². The Labute approximate surface area is 109 Å². The van der Waals surface area contributed by atoms with E-state index in [1.807, 2.05) is 0 Å². The summed E-state index contributed by atoms with van der Waals surface area (Å²) in [4.78, 5) is 8.06. The van der Waals surface area contributed by atoms with Crippen molar-refractivity contribution in [1.82, 2.24) is 9.97 Å². The predicted molar refractivity (Wildman–Crippen MR) is 70.1 cm³/mol. The van der Waals surface area contributed by atoms with Crippen molar-refractivity contribution < 1.29 is 4.74 Å². The largest absolute Gasteiger partial charge is 0.477 e. The van der Waals surface area contributed by atoms with Crippen molar-refractivity contribution in [1.29, 1.82) is 0 Å². The molecule has 2 unspecified atom stereocenters. The summed E-state index contributed by atoms with van der Waals surface area (Å²) in [5, 5.41) is 0. The molecule has 4 nitrogen and oxygen atoms in total. The van der Waals surface area contributed by atoms with Gasteiger partial charge < -0.3 is 10.5 Å². The second kappa shape index (κ2) is 5.77. The highest BCUT2D eigenvalue weighted by molar-refractivity contribution is 14.1. The lowest BCUT2D eigenvalue weighted by molar-refractivity contribution is 0.208. The quantitative estimate of drug-likeness (QED) is 0.854. The van der Waals surface area contributed by atoms with Crippen molar-refractivity contribution in [2.75, 3.05) is 13.2 Å². The molecule has 2 N–H and O–H groups in total. The Morgan fingerprint density at radius 3 is 3.00 bits per heavy atom. The summed E-state index contributed by atoms with van der Waals surface area (Å²) in [5.74, 6) is 1.91. The molecule has 2 atom stereocenters. The van der Waals surface area contributed by atoms with Crippen LogP contribution in [0.15, 0.2) is 12.5 Å². The highest BCUT2D eigenvalue weighted by Crippen LogP contribution is 2.31. The van der Waals surface area contributed by atoms with Gasteiger partial charge in [-0.2, -0.15) is 0 Å². The molecule has 0 saturated heterocycles. The van der Waals surface area contributed by atoms with Crippen LogP contribution in [-0.4, -0.2) is 23.1 Å². The van der Waals surface area contributed by atoms with Gasteiger partial charge in [-0.3, -0.25) is 0 Å². The summed E-state index contributed by atoms with van der Waals surface area (Å²) >= 11 is 2.19. The van der Waals surface area contributed by atoms with Crippen LogP contribution in [0.1, 0.15) is 19.3 Å². The molecule has 0 radical (unpaired) electrons. The van der Waals surface area contributed by atoms with E-state index in [4.69, 9.17) is 10.5 Å². The molecule has 0 amide bonds. The molecular weight excluding hydrogens is 317 g/mol. The topological polar surface area (TPSA) is 61.0 Å². The lowest BCUT2D eigenvalue weighted by Crippen LogP contribution is -2.23. The van der Waals surface area contributed by atoms with Crippen LogP contribution in [0.2, 0.25) is 0 Å². The van der Waals surface area contributed by atoms with Crippen LogP contribution in [0.5, 0.6) is 5.88 Å². The summed E-state index contributed by atoms with van der Waals surface area (Å²) in [6.45, 7) is 1.50. The van der Waals surface area contributed by atoms with Crippen molar-refractivity contribution in [2.24, 2.45) is 17.6 Å². The maximum Gasteiger partial charge on any atom is 0.230 e. The third-order valence-corrected chi connectivity index (χ3v) is 3.93. The second-order valence-electron chi connectivity index (χ2n) is 4.17. The van der Waals surface area contributed by atoms with Crippen LogP contribution in [0.3, 0.4) is 0 Å². The lowest BCUT2D eigenvalue weighted by Gasteiger charge is -2.18. The monoisotopic (exact) mass is 333 g/mol. The summed E-state index contributed by atoms with van der Waals surface area (Å²) in [5.41, 5.74) is 5.74. The smallest absolute Gasteiger partial charge is 0.230 e. The number of hydrogen-bond donors (Lipinski definition) is 1. The van der Waals surface area contributed by atoms with Crippen LogP contribution in [0, 0.1) is 15.4 Å². The first-order chi connectivity index (χ1) is 7.81. The number of nitrogens with zero attached hydrogens (tertiary/aromatic N) is 2. The summed E-state index contributed by atoms with van der Waals surface area (Å²) in [6.07, 6.45) is 7.02. The third-order valence-electron chi connectivity index (χ3n) is 3.19. The van der Waals surface area contributed by atoms with E-state index in [-0.39, 0.29) is 0 Å². The van der Waals surface area contributed by atoms with Gasteiger partial charge in [-0.15, -0.1) is 0 Å². The van der Waals surface area contributed by atoms with Gasteiger partial charge in [0.1, 0.15) is 6.33 Å². The van der Waals surface area contributed by atoms with Gasteiger partial charge >= 0.3 is 0 Å². The van der Waals surface area contributed by atoms with Gasteiger partial charge in [0.05, 0.1) is 10.2 Å². The number of rotatable bonds is 4. The fraction of sp³-hybridized carbons (Fsp3) is 0.636. The zero-order valence-electron chi connectivity index (χ0n) is 9.10. The lowest BCUT2D eigenvalue weighted by atomic mass is 9.97. The SMILES string of the molecule is NCC1CCCC1COc1ncncc1I. The van der Waals surface area contributed by atoms with E-state index in [0.29, 0.717) is 17.7 Å². The Morgan fingerprint density at radius 1 is 1.44 bits per heavy atom. The van der Waals surface area contributed by atoms with Gasteiger partial charge in [-0.05, 0) is 53.8 Å². The molecule has 16 heavy (non-hydrogen) atoms. The summed E-state index contributed by atoms with van der Waals surface area (Å²) in [7, 11) is 0. The number of nitrogens with two attached hydrogens (primary N) is 1. The maximum atomic E-state index is 5.74. The highest BCUT2D eigenvalue weighted by atomic mass is 127. The van der Waals surface area contributed by atoms with Crippen LogP contribution in [-0.2, 0) is 0 Å². The molecule has 2 rings (SSSR count). The van der Waals surface area contributed by atoms with Crippen LogP contribution < -0.4 is 10.5 Å². The minimum atomic E-state index is 0.593. The van der Waals surface area contributed by atoms with E-state index in [1.54, 1.807) is 6.20 Å². The fourth-order valence-corrected chi connectivity index (χ4v) is 2.69. The van der Waals surface area contributed by atoms with Crippen molar-refractivity contribution in [3.8, 4) is 5.88 Å². The van der Waals surface area contributed by atoms with Crippen molar-refractivity contribution in [3.05, 3.63) is 16.1 Å². The standard InChI is InChI=1S/C11H16IN3O/c12-10-5-14-7-15-11(10)16-6-9-3-1-2-8(9)4-13/h5,7-9H,1-4,6,13H2. The van der Waals surface area contributed by atoms with E-state index in [9.17, 15) is 0 Å². The highest BCUT2D eigenvalue weighted by Gasteiger charge is 2.26. The molecule has 1 aliphatic carbocycles. The summed E-state index contributed by atoms with van der Waals surface area (Å²) in [6, 6.07) is 0. The normalized spacial score (nSPS) is 24.6. The third kappa shape index (κ3) is 2.82. The first-order valence-electron chi connectivity index (χ1n) is 5.59. The molecule has 1 fully saturated rings. The van der Waals surface area contributed by atoms with Gasteiger partial charge in [0.25, 0.3) is 0 Å². The number of aromatic nitrogens is 2. The van der Waals surface area contributed by atoms with Crippen LogP contribution in [0.25, 0.3) is 0 Å². The molecular formula is C11H16IN3O. The Kier molecular flexibility index (Phi) is 4.34. The van der Waals surface area contributed by atoms with Crippen molar-refractivity contribution in [2.45, 2.75) is 19.3 Å². The first kappa shape index (κ1) is 12.0. The van der Waals surface area contributed by atoms with E-state index in [0.717, 1.165) is 16.7 Å². The second-order valence-corrected chi connectivity index (χ2v) is 5.34. The Balaban J connectivity index is 1.90. The first-order valence-corrected chi connectivity index (χ1v) is 6.67. The fourth-order valence-electron chi connectivity index (χ4n) is 2.24. The van der Waals surface area contributed by atoms with Crippen molar-refractivity contribution in [3.63, 3.8) is 0 Å². The van der Waals surface area contributed by atoms with Gasteiger partial charge in [0, 0.05) is 6.20 Å². The number of halogens is 1. The van der Waals surface area contributed by atoms with Crippen LogP contribution in [0.4, 0.5) is 0 Å². The molecule has 1 aromatic heterocycles. The predicted octanol–water partition coefficient (Wildman–Crippen LogP) is 1.83. The Morgan fingerprint density at radius 2 is 2.25 bits per heavy atom. The minimum absolute atomic E-state index is 0.593. The number of hydrogen-bond acceptors (Lipinski definition) is 4. The Bertz CT molecular complexity index is 348. The molecule has 0 aliphatic heterocycles. The molecule has 5 heteroatoms. The van der Waals surface area contributed by atoms with Gasteiger partial charge in [-0.25, -0.2) is 9.97 Å². The summed E-state index contributed by atoms with van der Waals surface area (Å²) < 4.78 is 6.70. The minimum Gasteiger partial charge on any atom is -0.477 e. The van der Waals surface area contributed by atoms with E-state index in [2.05, 4.69) is 32.6 Å². The average Bonchev–Trinajstić information content (AvgIpc) is 2.75. The molecule has 1 saturated carbocycles. The van der Waals surface area contributed by atoms with Gasteiger partial charge in [-0.1, -0.05) is 6.42 Å². The molecule has 1 heterocycles. The molecule has 0 aromatic carbocycles. The zero-order valence-corrected chi connectivity index (χ0v) is 11.3. The molecule has 0 bridgehead atoms. The zero-order chi connectivity index (χ0) is 11.4. The van der Waals surface area contributed by atoms with Crippen LogP contribution >= 0.6 is 22.6 Å². The van der Waals surface area contributed by atoms with Gasteiger partial charge in [0.2, 0.25) is 5.88 Å². The maximum absolute atomic E-state index is 5.74. The van der Waals surface area contributed by atoms with E-state index in [1.165, 1.54) is 25.6 Å². The molecule has 0 spiro atoms. The molecule has 88 valence electrons.